The van der Waals surface area contributed by atoms with Gasteiger partial charge in [0.1, 0.15) is 22.3 Å². The van der Waals surface area contributed by atoms with Gasteiger partial charge >= 0.3 is 5.97 Å². The van der Waals surface area contributed by atoms with Crippen LogP contribution in [0.4, 0.5) is 9.39 Å². The molecule has 0 aliphatic carbocycles. The summed E-state index contributed by atoms with van der Waals surface area (Å²) < 4.78 is 18.1. The molecule has 4 nitrogen and oxygen atoms in total. The van der Waals surface area contributed by atoms with Crippen LogP contribution in [0.1, 0.15) is 17.3 Å². The van der Waals surface area contributed by atoms with E-state index in [4.69, 9.17) is 16.3 Å². The van der Waals surface area contributed by atoms with E-state index < -0.39 is 11.9 Å². The predicted octanol–water partition coefficient (Wildman–Crippen LogP) is 3.91. The number of anilines is 1. The Hall–Kier alpha value is -1.92. The third-order valence-electron chi connectivity index (χ3n) is 2.80. The Morgan fingerprint density at radius 2 is 2.00 bits per heavy atom. The standard InChI is InChI=1S/C15H13ClFNO3S/c1-2-21-15(20)13-11(9-3-5-10(17)6-4-9)8-22-14(13)18-12(19)7-16/h3-6,8H,2,7H2,1H3,(H,18,19). The highest BCUT2D eigenvalue weighted by Crippen LogP contribution is 2.36. The molecule has 22 heavy (non-hydrogen) atoms. The summed E-state index contributed by atoms with van der Waals surface area (Å²) >= 11 is 6.66. The summed E-state index contributed by atoms with van der Waals surface area (Å²) in [5, 5.41) is 4.65. The number of nitrogens with one attached hydrogen (secondary N) is 1. The quantitative estimate of drug-likeness (QED) is 0.662. The van der Waals surface area contributed by atoms with Crippen LogP contribution in [0.25, 0.3) is 11.1 Å². The minimum atomic E-state index is -0.548. The molecule has 2 rings (SSSR count). The predicted molar refractivity (Wildman–Crippen MR) is 85.0 cm³/mol. The lowest BCUT2D eigenvalue weighted by Gasteiger charge is -2.08. The van der Waals surface area contributed by atoms with Crippen molar-refractivity contribution in [1.29, 1.82) is 0 Å². The number of thiophene rings is 1. The second-order valence-corrected chi connectivity index (χ2v) is 5.41. The Morgan fingerprint density at radius 1 is 1.32 bits per heavy atom. The molecule has 0 aliphatic heterocycles. The SMILES string of the molecule is CCOC(=O)c1c(-c2ccc(F)cc2)csc1NC(=O)CCl. The smallest absolute Gasteiger partial charge is 0.341 e. The van der Waals surface area contributed by atoms with Crippen molar-refractivity contribution in [2.24, 2.45) is 0 Å². The molecule has 7 heteroatoms. The van der Waals surface area contributed by atoms with Gasteiger partial charge in [-0.25, -0.2) is 9.18 Å². The second-order valence-electron chi connectivity index (χ2n) is 4.26. The van der Waals surface area contributed by atoms with E-state index in [9.17, 15) is 14.0 Å². The van der Waals surface area contributed by atoms with Gasteiger partial charge in [-0.1, -0.05) is 12.1 Å². The molecule has 0 bridgehead atoms. The van der Waals surface area contributed by atoms with Gasteiger partial charge in [-0.05, 0) is 24.6 Å². The number of halogens is 2. The Morgan fingerprint density at radius 3 is 2.59 bits per heavy atom. The number of benzene rings is 1. The van der Waals surface area contributed by atoms with E-state index in [1.165, 1.54) is 23.5 Å². The van der Waals surface area contributed by atoms with Crippen molar-refractivity contribution in [2.75, 3.05) is 17.8 Å². The van der Waals surface area contributed by atoms with Crippen molar-refractivity contribution in [3.8, 4) is 11.1 Å². The molecule has 0 radical (unpaired) electrons. The number of rotatable bonds is 5. The summed E-state index contributed by atoms with van der Waals surface area (Å²) in [5.41, 5.74) is 1.48. The molecule has 0 fully saturated rings. The normalized spacial score (nSPS) is 10.3. The zero-order valence-electron chi connectivity index (χ0n) is 11.7. The Balaban J connectivity index is 2.47. The van der Waals surface area contributed by atoms with Gasteiger partial charge in [0.2, 0.25) is 5.91 Å². The number of hydrogen-bond donors (Lipinski definition) is 1. The van der Waals surface area contributed by atoms with Crippen LogP contribution in [0.5, 0.6) is 0 Å². The lowest BCUT2D eigenvalue weighted by atomic mass is 10.0. The van der Waals surface area contributed by atoms with Crippen LogP contribution in [-0.4, -0.2) is 24.4 Å². The third kappa shape index (κ3) is 3.64. The lowest BCUT2D eigenvalue weighted by molar-refractivity contribution is -0.113. The van der Waals surface area contributed by atoms with Crippen molar-refractivity contribution in [2.45, 2.75) is 6.92 Å². The van der Waals surface area contributed by atoms with Gasteiger partial charge in [-0.15, -0.1) is 22.9 Å². The fourth-order valence-corrected chi connectivity index (χ4v) is 2.90. The van der Waals surface area contributed by atoms with Gasteiger partial charge in [-0.2, -0.15) is 0 Å². The highest BCUT2D eigenvalue weighted by molar-refractivity contribution is 7.15. The first kappa shape index (κ1) is 16.5. The number of ether oxygens (including phenoxy) is 1. The monoisotopic (exact) mass is 341 g/mol. The van der Waals surface area contributed by atoms with E-state index in [2.05, 4.69) is 5.32 Å². The van der Waals surface area contributed by atoms with Gasteiger partial charge in [0.05, 0.1) is 6.61 Å². The number of carbonyl (C=O) groups is 2. The zero-order valence-corrected chi connectivity index (χ0v) is 13.3. The average molecular weight is 342 g/mol. The van der Waals surface area contributed by atoms with E-state index in [-0.39, 0.29) is 23.9 Å². The molecule has 0 saturated heterocycles. The molecule has 116 valence electrons. The van der Waals surface area contributed by atoms with E-state index >= 15 is 0 Å². The Bertz CT molecular complexity index is 685. The molecule has 0 saturated carbocycles. The average Bonchev–Trinajstić information content (AvgIpc) is 2.91. The van der Waals surface area contributed by atoms with Crippen LogP contribution in [0.3, 0.4) is 0 Å². The second kappa shape index (κ2) is 7.38. The highest BCUT2D eigenvalue weighted by atomic mass is 35.5. The van der Waals surface area contributed by atoms with Crippen LogP contribution in [0, 0.1) is 5.82 Å². The minimum absolute atomic E-state index is 0.209. The maximum Gasteiger partial charge on any atom is 0.341 e. The first-order valence-corrected chi connectivity index (χ1v) is 7.88. The summed E-state index contributed by atoms with van der Waals surface area (Å²) in [7, 11) is 0. The molecule has 1 heterocycles. The molecule has 1 aromatic heterocycles. The molecule has 2 aromatic rings. The van der Waals surface area contributed by atoms with Crippen LogP contribution in [0.2, 0.25) is 0 Å². The first-order chi connectivity index (χ1) is 10.6. The van der Waals surface area contributed by atoms with Crippen LogP contribution < -0.4 is 5.32 Å². The van der Waals surface area contributed by atoms with Crippen molar-refractivity contribution in [1.82, 2.24) is 0 Å². The topological polar surface area (TPSA) is 55.4 Å². The van der Waals surface area contributed by atoms with Crippen LogP contribution in [-0.2, 0) is 9.53 Å². The number of hydrogen-bond acceptors (Lipinski definition) is 4. The fourth-order valence-electron chi connectivity index (χ4n) is 1.86. The molecule has 1 aromatic carbocycles. The summed E-state index contributed by atoms with van der Waals surface area (Å²) in [4.78, 5) is 23.6. The van der Waals surface area contributed by atoms with Crippen LogP contribution >= 0.6 is 22.9 Å². The van der Waals surface area contributed by atoms with Crippen LogP contribution in [0.15, 0.2) is 29.6 Å². The lowest BCUT2D eigenvalue weighted by Crippen LogP contribution is -2.15. The van der Waals surface area contributed by atoms with E-state index in [1.807, 2.05) is 0 Å². The number of esters is 1. The fraction of sp³-hybridized carbons (Fsp3) is 0.200. The Kier molecular flexibility index (Phi) is 5.51. The Labute approximate surface area is 135 Å². The summed E-state index contributed by atoms with van der Waals surface area (Å²) in [6.07, 6.45) is 0. The van der Waals surface area contributed by atoms with E-state index in [0.29, 0.717) is 16.1 Å². The largest absolute Gasteiger partial charge is 0.462 e. The molecular weight excluding hydrogens is 329 g/mol. The number of amides is 1. The molecule has 0 atom stereocenters. The van der Waals surface area contributed by atoms with E-state index in [0.717, 1.165) is 0 Å². The van der Waals surface area contributed by atoms with Gasteiger partial charge < -0.3 is 10.1 Å². The van der Waals surface area contributed by atoms with Gasteiger partial charge in [0.25, 0.3) is 0 Å². The van der Waals surface area contributed by atoms with Crippen molar-refractivity contribution < 1.29 is 18.7 Å². The molecule has 0 spiro atoms. The molecule has 1 amide bonds. The number of carbonyl (C=O) groups excluding carboxylic acids is 2. The summed E-state index contributed by atoms with van der Waals surface area (Å²) in [5.74, 6) is -1.55. The third-order valence-corrected chi connectivity index (χ3v) is 3.94. The maximum absolute atomic E-state index is 13.0. The van der Waals surface area contributed by atoms with Crippen molar-refractivity contribution in [3.05, 3.63) is 41.0 Å². The molecular formula is C15H13ClFNO3S. The summed E-state index contributed by atoms with van der Waals surface area (Å²) in [6, 6.07) is 5.73. The minimum Gasteiger partial charge on any atom is -0.462 e. The van der Waals surface area contributed by atoms with Gasteiger partial charge in [0.15, 0.2) is 0 Å². The van der Waals surface area contributed by atoms with Crippen molar-refractivity contribution in [3.63, 3.8) is 0 Å². The van der Waals surface area contributed by atoms with Gasteiger partial charge in [0, 0.05) is 10.9 Å². The van der Waals surface area contributed by atoms with E-state index in [1.54, 1.807) is 24.4 Å². The van der Waals surface area contributed by atoms with Gasteiger partial charge in [-0.3, -0.25) is 4.79 Å². The van der Waals surface area contributed by atoms with Crippen molar-refractivity contribution >= 4 is 39.8 Å². The molecule has 0 aliphatic rings. The maximum atomic E-state index is 13.0. The first-order valence-electron chi connectivity index (χ1n) is 6.47. The number of alkyl halides is 1. The molecule has 0 unspecified atom stereocenters. The zero-order chi connectivity index (χ0) is 16.1. The highest BCUT2D eigenvalue weighted by Gasteiger charge is 2.22. The molecule has 1 N–H and O–H groups in total. The summed E-state index contributed by atoms with van der Waals surface area (Å²) in [6.45, 7) is 1.90.